The van der Waals surface area contributed by atoms with E-state index in [0.717, 1.165) is 64.2 Å². The Morgan fingerprint density at radius 1 is 0.357 bits per heavy atom. The molecular weight excluding hydrogens is 536 g/mol. The summed E-state index contributed by atoms with van der Waals surface area (Å²) in [5, 5.41) is 0. The van der Waals surface area contributed by atoms with Crippen molar-refractivity contribution in [2.75, 3.05) is 26.4 Å². The number of hydrogen-bond acceptors (Lipinski definition) is 8. The zero-order valence-corrected chi connectivity index (χ0v) is 27.4. The van der Waals surface area contributed by atoms with Crippen LogP contribution in [0, 0.1) is 11.8 Å². The zero-order chi connectivity index (χ0) is 31.3. The Hall–Kier alpha value is -2.12. The van der Waals surface area contributed by atoms with Crippen LogP contribution < -0.4 is 0 Å². The molecule has 0 aromatic rings. The second-order valence-electron chi connectivity index (χ2n) is 12.2. The fourth-order valence-electron chi connectivity index (χ4n) is 4.33. The maximum atomic E-state index is 11.8. The van der Waals surface area contributed by atoms with Gasteiger partial charge in [0.2, 0.25) is 0 Å². The van der Waals surface area contributed by atoms with Crippen LogP contribution in [0.4, 0.5) is 0 Å². The topological polar surface area (TPSA) is 105 Å². The minimum atomic E-state index is -0.224. The standard InChI is InChI=1S/C34H62O8/c1-29(2)19-9-5-11-21-31(35)39-25-15-7-13-23-33(37)41-27-17-18-28-42-34(38)24-14-8-16-26-40-32(36)22-12-6-10-20-30(3)4/h29-30H,5-28H2,1-4H3. The van der Waals surface area contributed by atoms with Crippen molar-refractivity contribution in [3.05, 3.63) is 0 Å². The molecule has 42 heavy (non-hydrogen) atoms. The highest BCUT2D eigenvalue weighted by Crippen LogP contribution is 2.11. The monoisotopic (exact) mass is 598 g/mol. The molecule has 8 nitrogen and oxygen atoms in total. The van der Waals surface area contributed by atoms with E-state index in [1.54, 1.807) is 0 Å². The van der Waals surface area contributed by atoms with E-state index in [4.69, 9.17) is 18.9 Å². The first kappa shape index (κ1) is 39.9. The van der Waals surface area contributed by atoms with Crippen LogP contribution in [0.5, 0.6) is 0 Å². The lowest BCUT2D eigenvalue weighted by atomic mass is 10.0. The molecular formula is C34H62O8. The maximum absolute atomic E-state index is 11.8. The van der Waals surface area contributed by atoms with Gasteiger partial charge in [-0.05, 0) is 76.0 Å². The van der Waals surface area contributed by atoms with E-state index in [1.807, 2.05) is 0 Å². The summed E-state index contributed by atoms with van der Waals surface area (Å²) in [6, 6.07) is 0. The second-order valence-corrected chi connectivity index (χ2v) is 12.2. The molecule has 0 aromatic heterocycles. The lowest BCUT2D eigenvalue weighted by Crippen LogP contribution is -2.09. The summed E-state index contributed by atoms with van der Waals surface area (Å²) in [5.41, 5.74) is 0. The van der Waals surface area contributed by atoms with Gasteiger partial charge in [0, 0.05) is 25.7 Å². The average Bonchev–Trinajstić information content (AvgIpc) is 2.93. The number of ether oxygens (including phenoxy) is 4. The van der Waals surface area contributed by atoms with Crippen LogP contribution in [0.25, 0.3) is 0 Å². The fourth-order valence-corrected chi connectivity index (χ4v) is 4.33. The van der Waals surface area contributed by atoms with Crippen molar-refractivity contribution in [3.8, 4) is 0 Å². The second kappa shape index (κ2) is 29.0. The lowest BCUT2D eigenvalue weighted by molar-refractivity contribution is -0.146. The smallest absolute Gasteiger partial charge is 0.305 e. The fraction of sp³-hybridized carbons (Fsp3) is 0.882. The van der Waals surface area contributed by atoms with Gasteiger partial charge in [-0.15, -0.1) is 0 Å². The maximum Gasteiger partial charge on any atom is 0.305 e. The summed E-state index contributed by atoms with van der Waals surface area (Å²) >= 11 is 0. The van der Waals surface area contributed by atoms with Gasteiger partial charge in [0.1, 0.15) is 0 Å². The van der Waals surface area contributed by atoms with Crippen LogP contribution in [0.3, 0.4) is 0 Å². The molecule has 0 aliphatic heterocycles. The van der Waals surface area contributed by atoms with E-state index in [9.17, 15) is 19.2 Å². The van der Waals surface area contributed by atoms with Crippen molar-refractivity contribution in [2.45, 2.75) is 156 Å². The lowest BCUT2D eigenvalue weighted by Gasteiger charge is -2.07. The van der Waals surface area contributed by atoms with Crippen LogP contribution >= 0.6 is 0 Å². The van der Waals surface area contributed by atoms with Crippen molar-refractivity contribution in [1.29, 1.82) is 0 Å². The van der Waals surface area contributed by atoms with Gasteiger partial charge in [-0.3, -0.25) is 19.2 Å². The molecule has 0 spiro atoms. The third-order valence-corrected chi connectivity index (χ3v) is 6.97. The molecule has 0 N–H and O–H groups in total. The Labute approximate surface area is 256 Å². The first-order valence-electron chi connectivity index (χ1n) is 16.8. The predicted molar refractivity (Wildman–Crippen MR) is 166 cm³/mol. The van der Waals surface area contributed by atoms with Crippen molar-refractivity contribution < 1.29 is 38.1 Å². The van der Waals surface area contributed by atoms with E-state index < -0.39 is 0 Å². The number of esters is 4. The molecule has 0 saturated heterocycles. The van der Waals surface area contributed by atoms with Crippen LogP contribution in [-0.4, -0.2) is 50.3 Å². The molecule has 8 heteroatoms. The van der Waals surface area contributed by atoms with Crippen LogP contribution in [0.1, 0.15) is 156 Å². The van der Waals surface area contributed by atoms with Gasteiger partial charge >= 0.3 is 23.9 Å². The van der Waals surface area contributed by atoms with Crippen LogP contribution in [0.15, 0.2) is 0 Å². The molecule has 0 fully saturated rings. The van der Waals surface area contributed by atoms with Gasteiger partial charge in [-0.2, -0.15) is 0 Å². The highest BCUT2D eigenvalue weighted by atomic mass is 16.5. The largest absolute Gasteiger partial charge is 0.466 e. The third-order valence-electron chi connectivity index (χ3n) is 6.97. The van der Waals surface area contributed by atoms with Crippen molar-refractivity contribution in [2.24, 2.45) is 11.8 Å². The molecule has 0 atom stereocenters. The van der Waals surface area contributed by atoms with E-state index in [2.05, 4.69) is 27.7 Å². The summed E-state index contributed by atoms with van der Waals surface area (Å²) in [6.45, 7) is 10.3. The normalized spacial score (nSPS) is 11.1. The molecule has 0 aliphatic carbocycles. The summed E-state index contributed by atoms with van der Waals surface area (Å²) in [5.74, 6) is 0.720. The molecule has 0 heterocycles. The third kappa shape index (κ3) is 30.8. The van der Waals surface area contributed by atoms with Gasteiger partial charge in [0.15, 0.2) is 0 Å². The molecule has 0 radical (unpaired) electrons. The summed E-state index contributed by atoms with van der Waals surface area (Å²) in [4.78, 5) is 47.1. The molecule has 0 aromatic carbocycles. The van der Waals surface area contributed by atoms with E-state index in [-0.39, 0.29) is 23.9 Å². The Morgan fingerprint density at radius 3 is 0.857 bits per heavy atom. The number of carbonyl (C=O) groups excluding carboxylic acids is 4. The average molecular weight is 599 g/mol. The molecule has 0 amide bonds. The van der Waals surface area contributed by atoms with Crippen molar-refractivity contribution in [1.82, 2.24) is 0 Å². The number of rotatable bonds is 29. The highest BCUT2D eigenvalue weighted by Gasteiger charge is 2.07. The molecule has 246 valence electrons. The molecule has 0 aliphatic rings. The van der Waals surface area contributed by atoms with Crippen molar-refractivity contribution >= 4 is 23.9 Å². The van der Waals surface area contributed by atoms with Gasteiger partial charge < -0.3 is 18.9 Å². The SMILES string of the molecule is CC(C)CCCCCC(=O)OCCCCCC(=O)OCCCCOC(=O)CCCCCOC(=O)CCCCCC(C)C. The van der Waals surface area contributed by atoms with Gasteiger partial charge in [-0.25, -0.2) is 0 Å². The minimum absolute atomic E-state index is 0.127. The molecule has 0 saturated carbocycles. The summed E-state index contributed by atoms with van der Waals surface area (Å²) in [6.07, 6.45) is 16.2. The molecule has 0 rings (SSSR count). The first-order chi connectivity index (χ1) is 20.2. The first-order valence-corrected chi connectivity index (χ1v) is 16.8. The number of hydrogen-bond donors (Lipinski definition) is 0. The summed E-state index contributed by atoms with van der Waals surface area (Å²) < 4.78 is 21.0. The molecule has 0 bridgehead atoms. The Kier molecular flexibility index (Phi) is 27.5. The minimum Gasteiger partial charge on any atom is -0.466 e. The Balaban J connectivity index is 3.43. The Bertz CT molecular complexity index is 631. The number of unbranched alkanes of at least 4 members (excludes halogenated alkanes) is 9. The zero-order valence-electron chi connectivity index (χ0n) is 27.4. The predicted octanol–water partition coefficient (Wildman–Crippen LogP) is 8.27. The quantitative estimate of drug-likeness (QED) is 0.0481. The van der Waals surface area contributed by atoms with Gasteiger partial charge in [0.25, 0.3) is 0 Å². The van der Waals surface area contributed by atoms with E-state index in [1.165, 1.54) is 12.8 Å². The molecule has 0 unspecified atom stereocenters. The van der Waals surface area contributed by atoms with E-state index >= 15 is 0 Å². The summed E-state index contributed by atoms with van der Waals surface area (Å²) in [7, 11) is 0. The van der Waals surface area contributed by atoms with Crippen molar-refractivity contribution in [3.63, 3.8) is 0 Å². The van der Waals surface area contributed by atoms with Crippen LogP contribution in [0.2, 0.25) is 0 Å². The highest BCUT2D eigenvalue weighted by molar-refractivity contribution is 5.70. The van der Waals surface area contributed by atoms with Gasteiger partial charge in [-0.1, -0.05) is 66.2 Å². The van der Waals surface area contributed by atoms with E-state index in [0.29, 0.717) is 89.6 Å². The van der Waals surface area contributed by atoms with Crippen LogP contribution in [-0.2, 0) is 38.1 Å². The Morgan fingerprint density at radius 2 is 0.595 bits per heavy atom. The van der Waals surface area contributed by atoms with Gasteiger partial charge in [0.05, 0.1) is 26.4 Å². The number of carbonyl (C=O) groups is 4.